The van der Waals surface area contributed by atoms with Crippen LogP contribution in [-0.2, 0) is 4.74 Å². The Labute approximate surface area is 82.2 Å². The second kappa shape index (κ2) is 4.28. The monoisotopic (exact) mass is 195 g/mol. The maximum Gasteiger partial charge on any atom is 0.374 e. The first-order valence-corrected chi connectivity index (χ1v) is 4.77. The molecule has 4 heteroatoms. The molecule has 0 aromatic carbocycles. The molecule has 0 spiro atoms. The lowest BCUT2D eigenvalue weighted by Gasteiger charge is -2.07. The molecule has 1 aromatic rings. The average Bonchev–Trinajstić information content (AvgIpc) is 2.87. The maximum atomic E-state index is 11.3. The fourth-order valence-electron chi connectivity index (χ4n) is 1.52. The van der Waals surface area contributed by atoms with Gasteiger partial charge in [0, 0.05) is 12.5 Å². The molecule has 0 radical (unpaired) electrons. The smallest absolute Gasteiger partial charge is 0.374 e. The Balaban J connectivity index is 1.78. The summed E-state index contributed by atoms with van der Waals surface area (Å²) in [6, 6.07) is 3.28. The fraction of sp³-hybridized carbons (Fsp3) is 0.500. The van der Waals surface area contributed by atoms with Gasteiger partial charge in [0.2, 0.25) is 5.76 Å². The third-order valence-electron chi connectivity index (χ3n) is 2.33. The quantitative estimate of drug-likeness (QED) is 0.732. The van der Waals surface area contributed by atoms with E-state index in [0.717, 1.165) is 19.5 Å². The number of ether oxygens (including phenoxy) is 1. The highest BCUT2D eigenvalue weighted by Crippen LogP contribution is 2.09. The van der Waals surface area contributed by atoms with Crippen LogP contribution in [0.2, 0.25) is 0 Å². The van der Waals surface area contributed by atoms with Gasteiger partial charge in [-0.1, -0.05) is 0 Å². The number of hydrogen-bond donors (Lipinski definition) is 1. The van der Waals surface area contributed by atoms with Crippen molar-refractivity contribution in [2.75, 3.05) is 19.7 Å². The van der Waals surface area contributed by atoms with Gasteiger partial charge in [0.05, 0.1) is 12.9 Å². The molecule has 1 aromatic heterocycles. The van der Waals surface area contributed by atoms with Crippen LogP contribution in [-0.4, -0.2) is 25.7 Å². The van der Waals surface area contributed by atoms with Crippen molar-refractivity contribution in [1.82, 2.24) is 5.32 Å². The van der Waals surface area contributed by atoms with Gasteiger partial charge in [0.15, 0.2) is 0 Å². The van der Waals surface area contributed by atoms with Crippen LogP contribution in [0.3, 0.4) is 0 Å². The Bertz CT molecular complexity index is 288. The minimum atomic E-state index is -0.373. The predicted octanol–water partition coefficient (Wildman–Crippen LogP) is 1.05. The molecule has 4 nitrogen and oxygen atoms in total. The molecule has 1 aliphatic heterocycles. The highest BCUT2D eigenvalue weighted by Gasteiger charge is 2.17. The Morgan fingerprint density at radius 2 is 2.64 bits per heavy atom. The normalized spacial score (nSPS) is 21.0. The molecule has 2 heterocycles. The zero-order valence-electron chi connectivity index (χ0n) is 7.86. The largest absolute Gasteiger partial charge is 0.459 e. The Morgan fingerprint density at radius 3 is 3.29 bits per heavy atom. The Morgan fingerprint density at radius 1 is 1.71 bits per heavy atom. The molecule has 0 aliphatic carbocycles. The molecular weight excluding hydrogens is 182 g/mol. The van der Waals surface area contributed by atoms with Crippen LogP contribution in [0.25, 0.3) is 0 Å². The number of nitrogens with one attached hydrogen (secondary N) is 1. The maximum absolute atomic E-state index is 11.3. The number of furan rings is 1. The van der Waals surface area contributed by atoms with Gasteiger partial charge in [-0.25, -0.2) is 4.79 Å². The van der Waals surface area contributed by atoms with E-state index in [4.69, 9.17) is 9.15 Å². The van der Waals surface area contributed by atoms with E-state index in [9.17, 15) is 4.79 Å². The molecular formula is C10H13NO3. The topological polar surface area (TPSA) is 51.5 Å². The molecule has 1 atom stereocenters. The minimum absolute atomic E-state index is 0.274. The SMILES string of the molecule is O=C(OC[C@@H]1CCNC1)c1ccco1. The highest BCUT2D eigenvalue weighted by atomic mass is 16.5. The molecule has 14 heavy (non-hydrogen) atoms. The summed E-state index contributed by atoms with van der Waals surface area (Å²) in [5, 5.41) is 3.22. The lowest BCUT2D eigenvalue weighted by molar-refractivity contribution is 0.0414. The van der Waals surface area contributed by atoms with E-state index >= 15 is 0 Å². The van der Waals surface area contributed by atoms with Crippen molar-refractivity contribution >= 4 is 5.97 Å². The van der Waals surface area contributed by atoms with Crippen LogP contribution in [0.4, 0.5) is 0 Å². The summed E-state index contributed by atoms with van der Waals surface area (Å²) >= 11 is 0. The van der Waals surface area contributed by atoms with Gasteiger partial charge in [0.1, 0.15) is 0 Å². The molecule has 1 N–H and O–H groups in total. The molecule has 1 saturated heterocycles. The molecule has 2 rings (SSSR count). The zero-order chi connectivity index (χ0) is 9.80. The number of esters is 1. The number of rotatable bonds is 3. The lowest BCUT2D eigenvalue weighted by Crippen LogP contribution is -2.16. The van der Waals surface area contributed by atoms with Gasteiger partial charge in [-0.2, -0.15) is 0 Å². The number of hydrogen-bond acceptors (Lipinski definition) is 4. The van der Waals surface area contributed by atoms with E-state index < -0.39 is 0 Å². The zero-order valence-corrected chi connectivity index (χ0v) is 7.86. The first-order chi connectivity index (χ1) is 6.86. The van der Waals surface area contributed by atoms with Gasteiger partial charge < -0.3 is 14.5 Å². The summed E-state index contributed by atoms with van der Waals surface area (Å²) in [5.74, 6) is 0.353. The van der Waals surface area contributed by atoms with Crippen LogP contribution in [0, 0.1) is 5.92 Å². The lowest BCUT2D eigenvalue weighted by atomic mass is 10.1. The van der Waals surface area contributed by atoms with Gasteiger partial charge in [-0.05, 0) is 25.1 Å². The first kappa shape index (κ1) is 9.27. The van der Waals surface area contributed by atoms with Crippen LogP contribution in [0.15, 0.2) is 22.8 Å². The molecule has 76 valence electrons. The van der Waals surface area contributed by atoms with Crippen molar-refractivity contribution in [3.05, 3.63) is 24.2 Å². The van der Waals surface area contributed by atoms with Crippen molar-refractivity contribution in [1.29, 1.82) is 0 Å². The van der Waals surface area contributed by atoms with Crippen LogP contribution < -0.4 is 5.32 Å². The van der Waals surface area contributed by atoms with Crippen molar-refractivity contribution in [2.24, 2.45) is 5.92 Å². The van der Waals surface area contributed by atoms with Gasteiger partial charge in [-0.15, -0.1) is 0 Å². The number of carbonyl (C=O) groups excluding carboxylic acids is 1. The summed E-state index contributed by atoms with van der Waals surface area (Å²) < 4.78 is 10.0. The second-order valence-corrected chi connectivity index (χ2v) is 3.43. The molecule has 0 bridgehead atoms. The summed E-state index contributed by atoms with van der Waals surface area (Å²) in [5.41, 5.74) is 0. The van der Waals surface area contributed by atoms with Crippen LogP contribution in [0.5, 0.6) is 0 Å². The fourth-order valence-corrected chi connectivity index (χ4v) is 1.52. The van der Waals surface area contributed by atoms with E-state index in [0.29, 0.717) is 12.5 Å². The second-order valence-electron chi connectivity index (χ2n) is 3.43. The van der Waals surface area contributed by atoms with E-state index in [2.05, 4.69) is 5.32 Å². The van der Waals surface area contributed by atoms with Crippen molar-refractivity contribution < 1.29 is 13.9 Å². The van der Waals surface area contributed by atoms with Crippen LogP contribution in [0.1, 0.15) is 17.0 Å². The van der Waals surface area contributed by atoms with Crippen molar-refractivity contribution in [3.8, 4) is 0 Å². The van der Waals surface area contributed by atoms with Crippen molar-refractivity contribution in [2.45, 2.75) is 6.42 Å². The third-order valence-corrected chi connectivity index (χ3v) is 2.33. The summed E-state index contributed by atoms with van der Waals surface area (Å²) in [6.45, 7) is 2.43. The summed E-state index contributed by atoms with van der Waals surface area (Å²) in [7, 11) is 0. The van der Waals surface area contributed by atoms with E-state index in [-0.39, 0.29) is 11.7 Å². The highest BCUT2D eigenvalue weighted by molar-refractivity contribution is 5.86. The minimum Gasteiger partial charge on any atom is -0.459 e. The Kier molecular flexibility index (Phi) is 2.84. The van der Waals surface area contributed by atoms with Crippen molar-refractivity contribution in [3.63, 3.8) is 0 Å². The van der Waals surface area contributed by atoms with Crippen LogP contribution >= 0.6 is 0 Å². The standard InChI is InChI=1S/C10H13NO3/c12-10(9-2-1-5-13-9)14-7-8-3-4-11-6-8/h1-2,5,8,11H,3-4,6-7H2/t8-/m1/s1. The van der Waals surface area contributed by atoms with E-state index in [1.807, 2.05) is 0 Å². The third kappa shape index (κ3) is 2.14. The molecule has 1 aliphatic rings. The number of carbonyl (C=O) groups is 1. The van der Waals surface area contributed by atoms with Gasteiger partial charge >= 0.3 is 5.97 Å². The van der Waals surface area contributed by atoms with Gasteiger partial charge in [-0.3, -0.25) is 0 Å². The Hall–Kier alpha value is -1.29. The summed E-state index contributed by atoms with van der Waals surface area (Å²) in [6.07, 6.45) is 2.54. The molecule has 0 saturated carbocycles. The predicted molar refractivity (Wildman–Crippen MR) is 50.0 cm³/mol. The van der Waals surface area contributed by atoms with E-state index in [1.54, 1.807) is 12.1 Å². The van der Waals surface area contributed by atoms with Gasteiger partial charge in [0.25, 0.3) is 0 Å². The molecule has 0 amide bonds. The molecule has 0 unspecified atom stereocenters. The van der Waals surface area contributed by atoms with E-state index in [1.165, 1.54) is 6.26 Å². The summed E-state index contributed by atoms with van der Waals surface area (Å²) in [4.78, 5) is 11.3. The first-order valence-electron chi connectivity index (χ1n) is 4.77. The average molecular weight is 195 g/mol. The molecule has 1 fully saturated rings.